The van der Waals surface area contributed by atoms with Gasteiger partial charge in [0.2, 0.25) is 0 Å². The van der Waals surface area contributed by atoms with Crippen molar-refractivity contribution < 1.29 is 4.79 Å². The molecular weight excluding hydrogens is 264 g/mol. The Hall–Kier alpha value is -2.43. The summed E-state index contributed by atoms with van der Waals surface area (Å²) in [7, 11) is 0. The third-order valence-corrected chi connectivity index (χ3v) is 3.73. The van der Waals surface area contributed by atoms with Crippen LogP contribution in [0.5, 0.6) is 0 Å². The van der Waals surface area contributed by atoms with E-state index in [0.717, 1.165) is 13.0 Å². The van der Waals surface area contributed by atoms with Gasteiger partial charge in [-0.25, -0.2) is 0 Å². The van der Waals surface area contributed by atoms with Crippen LogP contribution in [0, 0.1) is 0 Å². The molecule has 0 spiro atoms. The summed E-state index contributed by atoms with van der Waals surface area (Å²) < 4.78 is 0. The lowest BCUT2D eigenvalue weighted by Gasteiger charge is -2.30. The number of hydrogen-bond donors (Lipinski definition) is 2. The van der Waals surface area contributed by atoms with Gasteiger partial charge in [0.05, 0.1) is 0 Å². The lowest BCUT2D eigenvalue weighted by atomic mass is 9.78. The second kappa shape index (κ2) is 5.91. The van der Waals surface area contributed by atoms with Gasteiger partial charge in [-0.2, -0.15) is 0 Å². The molecule has 0 aliphatic heterocycles. The zero-order valence-corrected chi connectivity index (χ0v) is 12.0. The van der Waals surface area contributed by atoms with E-state index in [9.17, 15) is 4.79 Å². The lowest BCUT2D eigenvalue weighted by Crippen LogP contribution is -2.25. The largest absolute Gasteiger partial charge is 0.368 e. The summed E-state index contributed by atoms with van der Waals surface area (Å²) in [5, 5.41) is 14.0. The van der Waals surface area contributed by atoms with Gasteiger partial charge in [0.25, 0.3) is 5.91 Å². The predicted octanol–water partition coefficient (Wildman–Crippen LogP) is 1.98. The summed E-state index contributed by atoms with van der Waals surface area (Å²) >= 11 is 0. The van der Waals surface area contributed by atoms with Crippen LogP contribution in [0.2, 0.25) is 0 Å². The molecular formula is C16H18N4O. The van der Waals surface area contributed by atoms with Gasteiger partial charge in [0.1, 0.15) is 5.82 Å². The maximum absolute atomic E-state index is 11.6. The highest BCUT2D eigenvalue weighted by molar-refractivity contribution is 5.92. The second-order valence-electron chi connectivity index (χ2n) is 5.14. The van der Waals surface area contributed by atoms with E-state index in [0.29, 0.717) is 24.0 Å². The molecule has 5 nitrogen and oxygen atoms in total. The van der Waals surface area contributed by atoms with Crippen LogP contribution in [0.4, 0.5) is 5.82 Å². The third kappa shape index (κ3) is 2.86. The Balaban J connectivity index is 1.56. The average Bonchev–Trinajstić information content (AvgIpc) is 2.49. The van der Waals surface area contributed by atoms with Crippen molar-refractivity contribution >= 4 is 11.7 Å². The summed E-state index contributed by atoms with van der Waals surface area (Å²) in [4.78, 5) is 11.6. The van der Waals surface area contributed by atoms with Gasteiger partial charge in [-0.1, -0.05) is 24.3 Å². The van der Waals surface area contributed by atoms with E-state index < -0.39 is 0 Å². The topological polar surface area (TPSA) is 66.9 Å². The molecule has 3 rings (SSSR count). The van der Waals surface area contributed by atoms with Crippen molar-refractivity contribution in [1.29, 1.82) is 0 Å². The molecule has 1 aliphatic carbocycles. The summed E-state index contributed by atoms with van der Waals surface area (Å²) in [6.45, 7) is 3.30. The Morgan fingerprint density at radius 2 is 2.10 bits per heavy atom. The first-order valence-corrected chi connectivity index (χ1v) is 7.21. The molecule has 1 heterocycles. The predicted molar refractivity (Wildman–Crippen MR) is 81.4 cm³/mol. The fourth-order valence-electron chi connectivity index (χ4n) is 2.57. The molecule has 1 aliphatic rings. The van der Waals surface area contributed by atoms with Crippen LogP contribution in [0.15, 0.2) is 36.4 Å². The number of nitrogens with zero attached hydrogens (tertiary/aromatic N) is 2. The van der Waals surface area contributed by atoms with Crippen LogP contribution in [0.3, 0.4) is 0 Å². The molecule has 0 bridgehead atoms. The van der Waals surface area contributed by atoms with Gasteiger partial charge < -0.3 is 10.6 Å². The van der Waals surface area contributed by atoms with Crippen LogP contribution in [-0.4, -0.2) is 29.2 Å². The zero-order chi connectivity index (χ0) is 14.7. The number of rotatable bonds is 5. The van der Waals surface area contributed by atoms with E-state index in [-0.39, 0.29) is 5.91 Å². The number of anilines is 1. The van der Waals surface area contributed by atoms with Gasteiger partial charge >= 0.3 is 0 Å². The van der Waals surface area contributed by atoms with Gasteiger partial charge in [0, 0.05) is 19.0 Å². The van der Waals surface area contributed by atoms with Gasteiger partial charge in [-0.15, -0.1) is 10.2 Å². The smallest absolute Gasteiger partial charge is 0.271 e. The van der Waals surface area contributed by atoms with Crippen molar-refractivity contribution in [3.63, 3.8) is 0 Å². The molecule has 2 aromatic rings. The van der Waals surface area contributed by atoms with Crippen molar-refractivity contribution in [2.24, 2.45) is 0 Å². The quantitative estimate of drug-likeness (QED) is 0.880. The standard InChI is InChI=1S/C16H18N4O/c1-2-17-16(21)14-7-8-15(20-19-14)18-10-12-9-11-5-3-4-6-13(11)12/h3-8,12H,2,9-10H2,1H3,(H,17,21)(H,18,20). The van der Waals surface area contributed by atoms with E-state index >= 15 is 0 Å². The summed E-state index contributed by atoms with van der Waals surface area (Å²) in [5.74, 6) is 1.04. The van der Waals surface area contributed by atoms with Crippen LogP contribution >= 0.6 is 0 Å². The van der Waals surface area contributed by atoms with E-state index in [1.807, 2.05) is 6.92 Å². The first-order valence-electron chi connectivity index (χ1n) is 7.21. The Kier molecular flexibility index (Phi) is 3.81. The van der Waals surface area contributed by atoms with E-state index in [2.05, 4.69) is 45.1 Å². The van der Waals surface area contributed by atoms with Crippen molar-refractivity contribution in [2.75, 3.05) is 18.4 Å². The molecule has 108 valence electrons. The molecule has 0 radical (unpaired) electrons. The van der Waals surface area contributed by atoms with Gasteiger partial charge in [-0.3, -0.25) is 4.79 Å². The highest BCUT2D eigenvalue weighted by Crippen LogP contribution is 2.34. The molecule has 1 atom stereocenters. The molecule has 1 aromatic carbocycles. The monoisotopic (exact) mass is 282 g/mol. The minimum Gasteiger partial charge on any atom is -0.368 e. The Morgan fingerprint density at radius 3 is 2.81 bits per heavy atom. The number of nitrogens with one attached hydrogen (secondary N) is 2. The highest BCUT2D eigenvalue weighted by atomic mass is 16.1. The molecule has 1 aromatic heterocycles. The number of hydrogen-bond acceptors (Lipinski definition) is 4. The fraction of sp³-hybridized carbons (Fsp3) is 0.312. The maximum Gasteiger partial charge on any atom is 0.271 e. The van der Waals surface area contributed by atoms with Crippen molar-refractivity contribution in [3.05, 3.63) is 53.2 Å². The molecule has 0 saturated heterocycles. The summed E-state index contributed by atoms with van der Waals surface area (Å²) in [5.41, 5.74) is 3.19. The summed E-state index contributed by atoms with van der Waals surface area (Å²) in [6.07, 6.45) is 1.10. The minimum atomic E-state index is -0.190. The number of benzene rings is 1. The van der Waals surface area contributed by atoms with Crippen LogP contribution in [-0.2, 0) is 6.42 Å². The zero-order valence-electron chi connectivity index (χ0n) is 12.0. The van der Waals surface area contributed by atoms with E-state index in [1.54, 1.807) is 12.1 Å². The second-order valence-corrected chi connectivity index (χ2v) is 5.14. The van der Waals surface area contributed by atoms with E-state index in [4.69, 9.17) is 0 Å². The van der Waals surface area contributed by atoms with Crippen LogP contribution < -0.4 is 10.6 Å². The highest BCUT2D eigenvalue weighted by Gasteiger charge is 2.24. The number of amides is 1. The normalized spacial score (nSPS) is 15.8. The van der Waals surface area contributed by atoms with Crippen LogP contribution in [0.1, 0.15) is 34.5 Å². The number of carbonyl (C=O) groups is 1. The average molecular weight is 282 g/mol. The summed E-state index contributed by atoms with van der Waals surface area (Å²) in [6, 6.07) is 12.0. The molecule has 0 fully saturated rings. The Bertz CT molecular complexity index is 639. The van der Waals surface area contributed by atoms with Gasteiger partial charge in [0.15, 0.2) is 5.69 Å². The minimum absolute atomic E-state index is 0.190. The van der Waals surface area contributed by atoms with Crippen LogP contribution in [0.25, 0.3) is 0 Å². The van der Waals surface area contributed by atoms with E-state index in [1.165, 1.54) is 11.1 Å². The molecule has 21 heavy (non-hydrogen) atoms. The van der Waals surface area contributed by atoms with Crippen molar-refractivity contribution in [1.82, 2.24) is 15.5 Å². The third-order valence-electron chi connectivity index (χ3n) is 3.73. The maximum atomic E-state index is 11.6. The number of carbonyl (C=O) groups excluding carboxylic acids is 1. The molecule has 0 saturated carbocycles. The number of fused-ring (bicyclic) bond motifs is 1. The number of aromatic nitrogens is 2. The lowest BCUT2D eigenvalue weighted by molar-refractivity contribution is 0.0950. The molecule has 1 amide bonds. The SMILES string of the molecule is CCNC(=O)c1ccc(NCC2Cc3ccccc32)nn1. The molecule has 5 heteroatoms. The first kappa shape index (κ1) is 13.5. The molecule has 2 N–H and O–H groups in total. The fourth-order valence-corrected chi connectivity index (χ4v) is 2.57. The van der Waals surface area contributed by atoms with Crippen molar-refractivity contribution in [3.8, 4) is 0 Å². The Morgan fingerprint density at radius 1 is 1.24 bits per heavy atom. The van der Waals surface area contributed by atoms with Gasteiger partial charge in [-0.05, 0) is 36.6 Å². The molecule has 1 unspecified atom stereocenters. The first-order chi connectivity index (χ1) is 10.3. The van der Waals surface area contributed by atoms with Crippen molar-refractivity contribution in [2.45, 2.75) is 19.3 Å². The Labute approximate surface area is 123 Å².